The smallest absolute Gasteiger partial charge is 0.417 e. The highest BCUT2D eigenvalue weighted by Crippen LogP contribution is 2.38. The molecule has 0 unspecified atom stereocenters. The number of hydrogen-bond donors (Lipinski definition) is 0. The minimum absolute atomic E-state index is 0.00584. The molecule has 0 amide bonds. The Morgan fingerprint density at radius 1 is 1.00 bits per heavy atom. The standard InChI is InChI=1S/C23H24ClF3N2O6/c1-21(2,3)34-19(30)17(20(31)35-22(4,5)6)14-8-7-12(9-16(14)29(32)33)18-15(24)10-13(11-28-18)23(25,26)27/h7-11,17H,1-6H3. The Morgan fingerprint density at radius 3 is 1.91 bits per heavy atom. The average molecular weight is 517 g/mol. The van der Waals surface area contributed by atoms with Crippen LogP contribution in [0.3, 0.4) is 0 Å². The lowest BCUT2D eigenvalue weighted by atomic mass is 9.94. The van der Waals surface area contributed by atoms with Gasteiger partial charge in [0.1, 0.15) is 11.2 Å². The fourth-order valence-electron chi connectivity index (χ4n) is 2.97. The second-order valence-electron chi connectivity index (χ2n) is 9.58. The van der Waals surface area contributed by atoms with Crippen LogP contribution < -0.4 is 0 Å². The zero-order chi connectivity index (χ0) is 26.9. The van der Waals surface area contributed by atoms with E-state index in [1.165, 1.54) is 6.07 Å². The maximum Gasteiger partial charge on any atom is 0.417 e. The third-order valence-electron chi connectivity index (χ3n) is 4.27. The Hall–Kier alpha value is -3.21. The molecule has 1 aromatic heterocycles. The first-order chi connectivity index (χ1) is 15.8. The van der Waals surface area contributed by atoms with Crippen LogP contribution in [0.1, 0.15) is 58.6 Å². The molecule has 1 heterocycles. The summed E-state index contributed by atoms with van der Waals surface area (Å²) in [5.74, 6) is -3.92. The molecule has 0 aliphatic rings. The van der Waals surface area contributed by atoms with E-state index < -0.39 is 56.4 Å². The Morgan fingerprint density at radius 2 is 1.51 bits per heavy atom. The van der Waals surface area contributed by atoms with Gasteiger partial charge in [-0.05, 0) is 47.6 Å². The van der Waals surface area contributed by atoms with Gasteiger partial charge in [0.25, 0.3) is 5.69 Å². The molecular formula is C23H24ClF3N2O6. The molecule has 12 heteroatoms. The zero-order valence-electron chi connectivity index (χ0n) is 19.8. The van der Waals surface area contributed by atoms with Crippen molar-refractivity contribution < 1.29 is 37.2 Å². The molecule has 35 heavy (non-hydrogen) atoms. The quantitative estimate of drug-likeness (QED) is 0.204. The third kappa shape index (κ3) is 7.38. The minimum atomic E-state index is -4.68. The maximum atomic E-state index is 12.9. The number of aromatic nitrogens is 1. The van der Waals surface area contributed by atoms with E-state index in [-0.39, 0.29) is 16.8 Å². The van der Waals surface area contributed by atoms with Crippen molar-refractivity contribution in [3.8, 4) is 11.3 Å². The Balaban J connectivity index is 2.65. The molecular weight excluding hydrogens is 493 g/mol. The monoisotopic (exact) mass is 516 g/mol. The fourth-order valence-corrected chi connectivity index (χ4v) is 3.25. The Bertz CT molecular complexity index is 1130. The van der Waals surface area contributed by atoms with Gasteiger partial charge in [-0.3, -0.25) is 24.7 Å². The molecule has 190 valence electrons. The molecule has 0 atom stereocenters. The van der Waals surface area contributed by atoms with Crippen molar-refractivity contribution in [1.29, 1.82) is 0 Å². The number of nitro benzene ring substituents is 1. The molecule has 0 aliphatic carbocycles. The summed E-state index contributed by atoms with van der Waals surface area (Å²) in [5, 5.41) is 11.5. The molecule has 0 saturated heterocycles. The van der Waals surface area contributed by atoms with Crippen LogP contribution in [-0.2, 0) is 25.2 Å². The molecule has 0 spiro atoms. The Kier molecular flexibility index (Phi) is 7.85. The molecule has 8 nitrogen and oxygen atoms in total. The number of esters is 2. The largest absolute Gasteiger partial charge is 0.459 e. The molecule has 0 fully saturated rings. The van der Waals surface area contributed by atoms with Gasteiger partial charge in [-0.15, -0.1) is 0 Å². The number of alkyl halides is 3. The van der Waals surface area contributed by atoms with Gasteiger partial charge in [-0.25, -0.2) is 0 Å². The van der Waals surface area contributed by atoms with Crippen LogP contribution >= 0.6 is 11.6 Å². The van der Waals surface area contributed by atoms with Crippen molar-refractivity contribution in [1.82, 2.24) is 4.98 Å². The first-order valence-electron chi connectivity index (χ1n) is 10.3. The average Bonchev–Trinajstić information content (AvgIpc) is 2.64. The summed E-state index contributed by atoms with van der Waals surface area (Å²) >= 11 is 5.97. The number of carbonyl (C=O) groups excluding carboxylic acids is 2. The number of rotatable bonds is 5. The summed E-state index contributed by atoms with van der Waals surface area (Å²) in [4.78, 5) is 40.6. The van der Waals surface area contributed by atoms with Crippen molar-refractivity contribution in [2.24, 2.45) is 0 Å². The molecule has 0 aliphatic heterocycles. The summed E-state index contributed by atoms with van der Waals surface area (Å²) in [6, 6.07) is 4.00. The van der Waals surface area contributed by atoms with E-state index in [4.69, 9.17) is 21.1 Å². The number of hydrogen-bond acceptors (Lipinski definition) is 7. The van der Waals surface area contributed by atoms with Crippen molar-refractivity contribution in [3.05, 3.63) is 56.7 Å². The molecule has 0 bridgehead atoms. The van der Waals surface area contributed by atoms with Gasteiger partial charge >= 0.3 is 18.1 Å². The third-order valence-corrected chi connectivity index (χ3v) is 4.55. The highest BCUT2D eigenvalue weighted by Gasteiger charge is 2.40. The summed E-state index contributed by atoms with van der Waals surface area (Å²) in [5.41, 5.74) is -4.24. The van der Waals surface area contributed by atoms with Crippen LogP contribution in [0, 0.1) is 10.1 Å². The van der Waals surface area contributed by atoms with E-state index >= 15 is 0 Å². The number of pyridine rings is 1. The number of carbonyl (C=O) groups is 2. The van der Waals surface area contributed by atoms with Crippen LogP contribution in [0.5, 0.6) is 0 Å². The van der Waals surface area contributed by atoms with Crippen LogP contribution in [0.25, 0.3) is 11.3 Å². The number of halogens is 4. The van der Waals surface area contributed by atoms with E-state index in [0.29, 0.717) is 12.3 Å². The van der Waals surface area contributed by atoms with E-state index in [2.05, 4.69) is 4.98 Å². The summed E-state index contributed by atoms with van der Waals surface area (Å²) in [6.07, 6.45) is -4.13. The number of benzene rings is 1. The van der Waals surface area contributed by atoms with Crippen LogP contribution in [-0.4, -0.2) is 33.0 Å². The van der Waals surface area contributed by atoms with E-state index in [1.54, 1.807) is 41.5 Å². The lowest BCUT2D eigenvalue weighted by Crippen LogP contribution is -2.35. The van der Waals surface area contributed by atoms with Gasteiger partial charge in [0, 0.05) is 17.8 Å². The highest BCUT2D eigenvalue weighted by molar-refractivity contribution is 6.33. The van der Waals surface area contributed by atoms with E-state index in [9.17, 15) is 32.9 Å². The molecule has 1 aromatic carbocycles. The minimum Gasteiger partial charge on any atom is -0.459 e. The zero-order valence-corrected chi connectivity index (χ0v) is 20.6. The lowest BCUT2D eigenvalue weighted by molar-refractivity contribution is -0.385. The normalized spacial score (nSPS) is 12.4. The molecule has 2 aromatic rings. The molecule has 0 N–H and O–H groups in total. The van der Waals surface area contributed by atoms with Crippen molar-refractivity contribution in [3.63, 3.8) is 0 Å². The van der Waals surface area contributed by atoms with Crippen molar-refractivity contribution >= 4 is 29.2 Å². The summed E-state index contributed by atoms with van der Waals surface area (Å²) in [6.45, 7) is 9.37. The molecule has 0 saturated carbocycles. The van der Waals surface area contributed by atoms with E-state index in [0.717, 1.165) is 12.1 Å². The van der Waals surface area contributed by atoms with Gasteiger partial charge in [-0.1, -0.05) is 23.7 Å². The maximum absolute atomic E-state index is 12.9. The fraction of sp³-hybridized carbons (Fsp3) is 0.435. The van der Waals surface area contributed by atoms with Gasteiger partial charge in [0.2, 0.25) is 0 Å². The second-order valence-corrected chi connectivity index (χ2v) is 9.99. The summed E-state index contributed by atoms with van der Waals surface area (Å²) in [7, 11) is 0. The SMILES string of the molecule is CC(C)(C)OC(=O)C(C(=O)OC(C)(C)C)c1ccc(-c2ncc(C(F)(F)F)cc2Cl)cc1[N+](=O)[O-]. The predicted molar refractivity (Wildman–Crippen MR) is 121 cm³/mol. The van der Waals surface area contributed by atoms with Crippen LogP contribution in [0.4, 0.5) is 18.9 Å². The first kappa shape index (κ1) is 28.0. The molecule has 0 radical (unpaired) electrons. The van der Waals surface area contributed by atoms with Gasteiger partial charge < -0.3 is 9.47 Å². The van der Waals surface area contributed by atoms with Gasteiger partial charge in [0.15, 0.2) is 5.92 Å². The van der Waals surface area contributed by atoms with E-state index in [1.807, 2.05) is 0 Å². The van der Waals surface area contributed by atoms with Gasteiger partial charge in [0.05, 0.1) is 26.8 Å². The second kappa shape index (κ2) is 9.80. The first-order valence-corrected chi connectivity index (χ1v) is 10.6. The van der Waals surface area contributed by atoms with Crippen molar-refractivity contribution in [2.75, 3.05) is 0 Å². The predicted octanol–water partition coefficient (Wildman–Crippen LogP) is 6.10. The number of ether oxygens (including phenoxy) is 2. The number of nitrogens with zero attached hydrogens (tertiary/aromatic N) is 2. The van der Waals surface area contributed by atoms with Gasteiger partial charge in [-0.2, -0.15) is 13.2 Å². The molecule has 2 rings (SSSR count). The topological polar surface area (TPSA) is 109 Å². The summed E-state index contributed by atoms with van der Waals surface area (Å²) < 4.78 is 49.4. The highest BCUT2D eigenvalue weighted by atomic mass is 35.5. The van der Waals surface area contributed by atoms with Crippen LogP contribution in [0.15, 0.2) is 30.5 Å². The lowest BCUT2D eigenvalue weighted by Gasteiger charge is -2.26. The number of nitro groups is 1. The Labute approximate surface area is 204 Å². The van der Waals surface area contributed by atoms with Crippen molar-refractivity contribution in [2.45, 2.75) is 64.8 Å². The van der Waals surface area contributed by atoms with Crippen LogP contribution in [0.2, 0.25) is 5.02 Å².